The number of fused-ring (bicyclic) bond motifs is 1. The summed E-state index contributed by atoms with van der Waals surface area (Å²) in [6.07, 6.45) is 17.6. The topological polar surface area (TPSA) is 175 Å². The summed E-state index contributed by atoms with van der Waals surface area (Å²) in [4.78, 5) is 46.8. The summed E-state index contributed by atoms with van der Waals surface area (Å²) in [5, 5.41) is 21.2. The molecule has 0 bridgehead atoms. The third kappa shape index (κ3) is 15.3. The quantitative estimate of drug-likeness (QED) is 0.0220. The minimum absolute atomic E-state index is 0.0598. The van der Waals surface area contributed by atoms with Crippen molar-refractivity contribution in [3.05, 3.63) is 118 Å². The van der Waals surface area contributed by atoms with Crippen molar-refractivity contribution in [2.24, 2.45) is 4.99 Å². The summed E-state index contributed by atoms with van der Waals surface area (Å²) in [6, 6.07) is 19.7. The second-order valence-electron chi connectivity index (χ2n) is 15.5. The zero-order chi connectivity index (χ0) is 44.9. The largest absolute Gasteiger partial charge is 0.678 e. The van der Waals surface area contributed by atoms with Gasteiger partial charge in [-0.25, -0.2) is 9.79 Å². The van der Waals surface area contributed by atoms with Crippen molar-refractivity contribution in [2.45, 2.75) is 70.3 Å². The summed E-state index contributed by atoms with van der Waals surface area (Å²) in [6.45, 7) is 2.46. The van der Waals surface area contributed by atoms with Crippen LogP contribution in [0.1, 0.15) is 75.5 Å². The first-order valence-corrected chi connectivity index (χ1v) is 22.8. The molecule has 1 atom stereocenters. The third-order valence-corrected chi connectivity index (χ3v) is 11.3. The van der Waals surface area contributed by atoms with Crippen LogP contribution in [0.15, 0.2) is 106 Å². The van der Waals surface area contributed by atoms with E-state index in [9.17, 15) is 28.1 Å². The van der Waals surface area contributed by atoms with Gasteiger partial charge in [-0.2, -0.15) is 0 Å². The van der Waals surface area contributed by atoms with Gasteiger partial charge in [-0.05, 0) is 110 Å². The number of unbranched alkanes of at least 4 members (excludes halogenated alkanes) is 7. The molecule has 6 rings (SSSR count). The molecule has 17 heteroatoms. The number of rotatable bonds is 28. The van der Waals surface area contributed by atoms with Crippen LogP contribution in [0.3, 0.4) is 0 Å². The van der Waals surface area contributed by atoms with E-state index in [1.807, 2.05) is 47.9 Å². The van der Waals surface area contributed by atoms with E-state index in [-0.39, 0.29) is 30.7 Å². The maximum atomic E-state index is 13.9. The molecular weight excluding hydrogens is 839 g/mol. The Kier molecular flexibility index (Phi) is 18.8. The SMILES string of the molecule is O=C(CCCCCNC(=O)COc1ccc(/C=C/C2=NC(=C\c3ccc(-c4cccs4)n3B(F)F)/C=C2)cc1)NCCCCCCCCNC[C@H](O)COc1cccc2[nH]c(=O)[nH]c12. The summed E-state index contributed by atoms with van der Waals surface area (Å²) in [5.41, 5.74) is 3.99. The molecule has 2 aromatic carbocycles. The van der Waals surface area contributed by atoms with E-state index in [1.54, 1.807) is 54.6 Å². The van der Waals surface area contributed by atoms with Gasteiger partial charge in [-0.3, -0.25) is 18.2 Å². The zero-order valence-electron chi connectivity index (χ0n) is 35.8. The van der Waals surface area contributed by atoms with E-state index in [4.69, 9.17) is 9.47 Å². The number of nitrogens with one attached hydrogen (secondary N) is 5. The Morgan fingerprint density at radius 2 is 1.58 bits per heavy atom. The lowest BCUT2D eigenvalue weighted by Crippen LogP contribution is -2.32. The average Bonchev–Trinajstić information content (AvgIpc) is 4.13. The van der Waals surface area contributed by atoms with Crippen molar-refractivity contribution >= 4 is 59.5 Å². The van der Waals surface area contributed by atoms with Crippen LogP contribution >= 0.6 is 11.3 Å². The lowest BCUT2D eigenvalue weighted by molar-refractivity contribution is -0.123. The highest BCUT2D eigenvalue weighted by molar-refractivity contribution is 7.13. The van der Waals surface area contributed by atoms with E-state index in [0.29, 0.717) is 71.4 Å². The number of aromatic nitrogens is 3. The number of aromatic amines is 2. The number of amides is 2. The van der Waals surface area contributed by atoms with Crippen LogP contribution in [-0.2, 0) is 9.59 Å². The molecule has 0 spiro atoms. The highest BCUT2D eigenvalue weighted by atomic mass is 32.1. The summed E-state index contributed by atoms with van der Waals surface area (Å²) < 4.78 is 40.3. The molecule has 1 aliphatic rings. The van der Waals surface area contributed by atoms with E-state index in [0.717, 1.165) is 79.3 Å². The van der Waals surface area contributed by atoms with Gasteiger partial charge in [0.1, 0.15) is 29.7 Å². The third-order valence-electron chi connectivity index (χ3n) is 10.4. The molecule has 13 nitrogen and oxygen atoms in total. The van der Waals surface area contributed by atoms with E-state index in [2.05, 4.69) is 30.9 Å². The van der Waals surface area contributed by atoms with Crippen molar-refractivity contribution in [3.63, 3.8) is 0 Å². The lowest BCUT2D eigenvalue weighted by Gasteiger charge is -2.13. The summed E-state index contributed by atoms with van der Waals surface area (Å²) >= 11 is 1.41. The number of aliphatic hydroxyl groups excluding tert-OH is 1. The maximum Gasteiger partial charge on any atom is 0.678 e. The first-order chi connectivity index (χ1) is 31.2. The van der Waals surface area contributed by atoms with Crippen molar-refractivity contribution in [1.29, 1.82) is 0 Å². The second-order valence-corrected chi connectivity index (χ2v) is 16.4. The normalized spacial score (nSPS) is 13.5. The molecule has 6 N–H and O–H groups in total. The first kappa shape index (κ1) is 47.4. The fourth-order valence-electron chi connectivity index (χ4n) is 7.08. The first-order valence-electron chi connectivity index (χ1n) is 21.9. The highest BCUT2D eigenvalue weighted by Crippen LogP contribution is 2.29. The Morgan fingerprint density at radius 3 is 2.34 bits per heavy atom. The van der Waals surface area contributed by atoms with Crippen molar-refractivity contribution in [1.82, 2.24) is 30.4 Å². The molecular formula is C47H56BF2N7O6S. The number of carbonyl (C=O) groups excluding carboxylic acids is 2. The predicted octanol–water partition coefficient (Wildman–Crippen LogP) is 7.77. The number of aliphatic hydroxyl groups is 1. The number of aliphatic imine (C=N–C) groups is 1. The fourth-order valence-corrected chi connectivity index (χ4v) is 7.83. The van der Waals surface area contributed by atoms with Gasteiger partial charge in [0.25, 0.3) is 5.91 Å². The molecule has 64 heavy (non-hydrogen) atoms. The minimum atomic E-state index is -2.68. The summed E-state index contributed by atoms with van der Waals surface area (Å²) in [7, 11) is -2.68. The van der Waals surface area contributed by atoms with Crippen LogP contribution in [0.25, 0.3) is 33.8 Å². The van der Waals surface area contributed by atoms with Gasteiger partial charge in [-0.1, -0.05) is 62.4 Å². The number of imidazole rings is 1. The molecule has 1 aliphatic heterocycles. The minimum Gasteiger partial charge on any atom is -0.489 e. The Labute approximate surface area is 376 Å². The molecule has 4 heterocycles. The molecule has 3 aromatic heterocycles. The van der Waals surface area contributed by atoms with E-state index >= 15 is 0 Å². The molecule has 0 aliphatic carbocycles. The van der Waals surface area contributed by atoms with Crippen LogP contribution in [-0.4, -0.2) is 90.0 Å². The number of H-pyrrole nitrogens is 2. The number of nitrogens with zero attached hydrogens (tertiary/aromatic N) is 2. The standard InChI is InChI=1S/C47H56BF2N7O6S/c49-48(50)57-37(22-25-41(57)43-14-11-29-64-43)30-36-21-20-35(54-36)19-16-34-17-23-39(24-18-34)62-33-45(60)53-28-9-5-6-15-44(59)52-27-8-4-2-1-3-7-26-51-31-38(58)32-63-42-13-10-12-40-46(42)56-47(61)55-40/h10-14,16-25,29-30,38,51,58H,1-9,15,26-28,31-33H2,(H,52,59)(H,53,60)(H2,55,56,61)/b19-16+,36-30-/t38-/m0/s1. The maximum absolute atomic E-state index is 13.9. The van der Waals surface area contributed by atoms with Gasteiger partial charge < -0.3 is 45.0 Å². The molecule has 2 amide bonds. The Hall–Kier alpha value is -6.04. The smallest absolute Gasteiger partial charge is 0.489 e. The second kappa shape index (κ2) is 25.3. The Balaban J connectivity index is 0.726. The van der Waals surface area contributed by atoms with Crippen LogP contribution in [0.5, 0.6) is 11.5 Å². The number of thiophene rings is 1. The van der Waals surface area contributed by atoms with Crippen molar-refractivity contribution < 1.29 is 32.8 Å². The van der Waals surface area contributed by atoms with Gasteiger partial charge in [0, 0.05) is 36.6 Å². The number of carbonyl (C=O) groups is 2. The predicted molar refractivity (Wildman–Crippen MR) is 252 cm³/mol. The number of allylic oxidation sites excluding steroid dienone is 3. The molecule has 5 aromatic rings. The van der Waals surface area contributed by atoms with E-state index < -0.39 is 13.5 Å². The number of para-hydroxylation sites is 1. The van der Waals surface area contributed by atoms with Gasteiger partial charge in [0.05, 0.1) is 22.6 Å². The van der Waals surface area contributed by atoms with Crippen LogP contribution in [0.4, 0.5) is 8.63 Å². The Bertz CT molecular complexity index is 2420. The Morgan fingerprint density at radius 1 is 0.828 bits per heavy atom. The zero-order valence-corrected chi connectivity index (χ0v) is 36.6. The number of ether oxygens (including phenoxy) is 2. The average molecular weight is 896 g/mol. The molecule has 0 unspecified atom stereocenters. The van der Waals surface area contributed by atoms with Gasteiger partial charge in [0.15, 0.2) is 6.61 Å². The van der Waals surface area contributed by atoms with Crippen LogP contribution < -0.4 is 31.1 Å². The summed E-state index contributed by atoms with van der Waals surface area (Å²) in [5.74, 6) is 0.940. The number of hydrogen-bond acceptors (Lipinski definition) is 9. The number of hydrogen-bond donors (Lipinski definition) is 6. The number of halogens is 2. The lowest BCUT2D eigenvalue weighted by atomic mass is 10.1. The monoisotopic (exact) mass is 895 g/mol. The van der Waals surface area contributed by atoms with E-state index in [1.165, 1.54) is 11.3 Å². The van der Waals surface area contributed by atoms with Crippen LogP contribution in [0.2, 0.25) is 0 Å². The highest BCUT2D eigenvalue weighted by Gasteiger charge is 2.24. The van der Waals surface area contributed by atoms with Crippen molar-refractivity contribution in [2.75, 3.05) is 39.4 Å². The van der Waals surface area contributed by atoms with Crippen LogP contribution in [0, 0.1) is 0 Å². The molecule has 0 saturated heterocycles. The van der Waals surface area contributed by atoms with Gasteiger partial charge in [-0.15, -0.1) is 11.3 Å². The molecule has 0 saturated carbocycles. The van der Waals surface area contributed by atoms with Gasteiger partial charge >= 0.3 is 13.1 Å². The molecule has 0 radical (unpaired) electrons. The van der Waals surface area contributed by atoms with Crippen molar-refractivity contribution in [3.8, 4) is 22.1 Å². The van der Waals surface area contributed by atoms with Gasteiger partial charge in [0.2, 0.25) is 5.91 Å². The fraction of sp³-hybridized carbons (Fsp3) is 0.362. The molecule has 338 valence electrons. The number of benzene rings is 2. The molecule has 0 fully saturated rings.